The fraction of sp³-hybridized carbons (Fsp3) is 0.231. The highest BCUT2D eigenvalue weighted by molar-refractivity contribution is 6.47. The summed E-state index contributed by atoms with van der Waals surface area (Å²) in [5.74, 6) is -0.854. The summed E-state index contributed by atoms with van der Waals surface area (Å²) in [4.78, 5) is 29.7. The van der Waals surface area contributed by atoms with Crippen LogP contribution in [0.2, 0.25) is 5.02 Å². The molecule has 176 valence electrons. The molecule has 1 aliphatic rings. The molecule has 0 radical (unpaired) electrons. The number of likely N-dealkylation sites (tertiary alicyclic amines) is 1. The lowest BCUT2D eigenvalue weighted by Crippen LogP contribution is -2.29. The number of aliphatic hydroxyl groups excluding tert-OH is 1. The summed E-state index contributed by atoms with van der Waals surface area (Å²) < 4.78 is 11.0. The third-order valence-electron chi connectivity index (χ3n) is 5.68. The second-order valence-electron chi connectivity index (χ2n) is 8.07. The summed E-state index contributed by atoms with van der Waals surface area (Å²) in [6.07, 6.45) is 1.51. The minimum absolute atomic E-state index is 0.0373. The number of halogens is 1. The van der Waals surface area contributed by atoms with Crippen molar-refractivity contribution in [1.29, 1.82) is 0 Å². The third kappa shape index (κ3) is 4.39. The van der Waals surface area contributed by atoms with Gasteiger partial charge < -0.3 is 24.1 Å². The molecule has 0 saturated carbocycles. The Hall–Kier alpha value is -3.71. The summed E-state index contributed by atoms with van der Waals surface area (Å²) in [7, 11) is 3.84. The molecule has 8 heteroatoms. The fourth-order valence-corrected chi connectivity index (χ4v) is 4.21. The summed E-state index contributed by atoms with van der Waals surface area (Å²) in [6, 6.07) is 14.9. The van der Waals surface area contributed by atoms with E-state index < -0.39 is 17.7 Å². The van der Waals surface area contributed by atoms with Crippen LogP contribution >= 0.6 is 11.6 Å². The predicted octanol–water partition coefficient (Wildman–Crippen LogP) is 5.02. The normalized spacial score (nSPS) is 17.3. The maximum absolute atomic E-state index is 13.2. The molecule has 2 aromatic carbocycles. The first kappa shape index (κ1) is 23.4. The molecular weight excluding hydrogens is 456 g/mol. The van der Waals surface area contributed by atoms with E-state index in [1.807, 2.05) is 50.2 Å². The van der Waals surface area contributed by atoms with Gasteiger partial charge >= 0.3 is 0 Å². The number of aliphatic hydroxyl groups is 1. The average Bonchev–Trinajstić information content (AvgIpc) is 3.42. The number of carbonyl (C=O) groups excluding carboxylic acids is 2. The molecular formula is C26H25ClN2O5. The average molecular weight is 481 g/mol. The Morgan fingerprint density at radius 1 is 1.15 bits per heavy atom. The number of hydrogen-bond acceptors (Lipinski definition) is 6. The number of ketones is 1. The van der Waals surface area contributed by atoms with E-state index in [-0.39, 0.29) is 28.5 Å². The maximum Gasteiger partial charge on any atom is 0.296 e. The zero-order valence-electron chi connectivity index (χ0n) is 19.1. The molecule has 0 aliphatic carbocycles. The Labute approximate surface area is 202 Å². The van der Waals surface area contributed by atoms with Crippen molar-refractivity contribution in [3.63, 3.8) is 0 Å². The molecule has 0 spiro atoms. The van der Waals surface area contributed by atoms with E-state index in [1.165, 1.54) is 11.2 Å². The zero-order valence-corrected chi connectivity index (χ0v) is 19.9. The van der Waals surface area contributed by atoms with Crippen LogP contribution in [0.5, 0.6) is 5.75 Å². The van der Waals surface area contributed by atoms with Gasteiger partial charge in [0.25, 0.3) is 11.7 Å². The minimum atomic E-state index is -0.826. The summed E-state index contributed by atoms with van der Waals surface area (Å²) in [6.45, 7) is 2.33. The maximum atomic E-state index is 13.2. The van der Waals surface area contributed by atoms with Crippen molar-refractivity contribution < 1.29 is 23.8 Å². The minimum Gasteiger partial charge on any atom is -0.507 e. The molecule has 1 fully saturated rings. The van der Waals surface area contributed by atoms with Gasteiger partial charge in [-0.15, -0.1) is 0 Å². The van der Waals surface area contributed by atoms with Crippen LogP contribution in [0.25, 0.3) is 5.76 Å². The van der Waals surface area contributed by atoms with Gasteiger partial charge in [0, 0.05) is 25.3 Å². The van der Waals surface area contributed by atoms with Gasteiger partial charge in [0.2, 0.25) is 0 Å². The van der Waals surface area contributed by atoms with Crippen molar-refractivity contribution >= 4 is 34.7 Å². The van der Waals surface area contributed by atoms with Crippen LogP contribution in [0.1, 0.15) is 29.9 Å². The molecule has 1 amide bonds. The van der Waals surface area contributed by atoms with Crippen molar-refractivity contribution in [1.82, 2.24) is 4.90 Å². The number of furan rings is 1. The van der Waals surface area contributed by atoms with Crippen molar-refractivity contribution in [3.8, 4) is 5.75 Å². The highest BCUT2D eigenvalue weighted by Gasteiger charge is 2.46. The van der Waals surface area contributed by atoms with Crippen LogP contribution < -0.4 is 9.64 Å². The lowest BCUT2D eigenvalue weighted by Gasteiger charge is -2.25. The Morgan fingerprint density at radius 2 is 1.88 bits per heavy atom. The van der Waals surface area contributed by atoms with Crippen LogP contribution in [0.3, 0.4) is 0 Å². The number of ether oxygens (including phenoxy) is 1. The fourth-order valence-electron chi connectivity index (χ4n) is 4.00. The Kier molecular flexibility index (Phi) is 6.65. The Bertz CT molecular complexity index is 1230. The molecule has 1 N–H and O–H groups in total. The molecule has 34 heavy (non-hydrogen) atoms. The van der Waals surface area contributed by atoms with Gasteiger partial charge in [0.1, 0.15) is 17.3 Å². The molecule has 1 atom stereocenters. The number of amides is 1. The Morgan fingerprint density at radius 3 is 2.50 bits per heavy atom. The summed E-state index contributed by atoms with van der Waals surface area (Å²) >= 11 is 6.37. The molecule has 3 aromatic rings. The molecule has 1 aliphatic heterocycles. The van der Waals surface area contributed by atoms with Crippen LogP contribution in [-0.2, 0) is 16.1 Å². The van der Waals surface area contributed by atoms with E-state index in [1.54, 1.807) is 30.3 Å². The van der Waals surface area contributed by atoms with E-state index in [0.717, 1.165) is 5.69 Å². The molecule has 2 heterocycles. The quantitative estimate of drug-likeness (QED) is 0.290. The highest BCUT2D eigenvalue weighted by atomic mass is 35.5. The van der Waals surface area contributed by atoms with Crippen molar-refractivity contribution in [2.75, 3.05) is 25.6 Å². The predicted molar refractivity (Wildman–Crippen MR) is 130 cm³/mol. The molecule has 0 bridgehead atoms. The van der Waals surface area contributed by atoms with Crippen molar-refractivity contribution in [3.05, 3.63) is 88.3 Å². The van der Waals surface area contributed by atoms with Crippen molar-refractivity contribution in [2.45, 2.75) is 19.5 Å². The van der Waals surface area contributed by atoms with Crippen LogP contribution in [0, 0.1) is 0 Å². The standard InChI is InChI=1S/C26H25ClN2O5/c1-4-33-18-11-12-21(27)20(14-18)24(30)22-23(16-7-9-17(10-8-16)28(2)3)29(26(32)25(22)31)15-19-6-5-13-34-19/h5-14,23,30H,4,15H2,1-3H3/b24-22+. The third-order valence-corrected chi connectivity index (χ3v) is 6.01. The number of nitrogens with zero attached hydrogens (tertiary/aromatic N) is 2. The van der Waals surface area contributed by atoms with Crippen LogP contribution in [0.15, 0.2) is 70.9 Å². The molecule has 1 unspecified atom stereocenters. The number of carbonyl (C=O) groups is 2. The van der Waals surface area contributed by atoms with Gasteiger partial charge in [-0.1, -0.05) is 23.7 Å². The highest BCUT2D eigenvalue weighted by Crippen LogP contribution is 2.42. The number of rotatable bonds is 7. The lowest BCUT2D eigenvalue weighted by atomic mass is 9.95. The largest absolute Gasteiger partial charge is 0.507 e. The van der Waals surface area contributed by atoms with E-state index in [0.29, 0.717) is 23.7 Å². The van der Waals surface area contributed by atoms with E-state index in [9.17, 15) is 14.7 Å². The van der Waals surface area contributed by atoms with Gasteiger partial charge in [-0.2, -0.15) is 0 Å². The molecule has 1 aromatic heterocycles. The first-order valence-electron chi connectivity index (χ1n) is 10.8. The monoisotopic (exact) mass is 480 g/mol. The zero-order chi connectivity index (χ0) is 24.4. The van der Waals surface area contributed by atoms with Gasteiger partial charge in [-0.05, 0) is 55.0 Å². The molecule has 7 nitrogen and oxygen atoms in total. The van der Waals surface area contributed by atoms with E-state index in [2.05, 4.69) is 0 Å². The molecule has 1 saturated heterocycles. The Balaban J connectivity index is 1.87. The first-order chi connectivity index (χ1) is 16.3. The van der Waals surface area contributed by atoms with Gasteiger partial charge in [0.15, 0.2) is 0 Å². The van der Waals surface area contributed by atoms with Gasteiger partial charge in [0.05, 0.1) is 36.1 Å². The van der Waals surface area contributed by atoms with E-state index >= 15 is 0 Å². The van der Waals surface area contributed by atoms with Gasteiger partial charge in [-0.3, -0.25) is 9.59 Å². The number of hydrogen-bond donors (Lipinski definition) is 1. The smallest absolute Gasteiger partial charge is 0.296 e. The first-order valence-corrected chi connectivity index (χ1v) is 11.2. The topological polar surface area (TPSA) is 83.2 Å². The summed E-state index contributed by atoms with van der Waals surface area (Å²) in [5, 5.41) is 11.5. The van der Waals surface area contributed by atoms with Gasteiger partial charge in [-0.25, -0.2) is 0 Å². The lowest BCUT2D eigenvalue weighted by molar-refractivity contribution is -0.140. The van der Waals surface area contributed by atoms with Crippen LogP contribution in [0.4, 0.5) is 5.69 Å². The summed E-state index contributed by atoms with van der Waals surface area (Å²) in [5.41, 5.74) is 1.82. The molecule has 4 rings (SSSR count). The number of benzene rings is 2. The van der Waals surface area contributed by atoms with Crippen LogP contribution in [-0.4, -0.2) is 42.4 Å². The number of Topliss-reactive ketones (excluding diaryl/α,β-unsaturated/α-hetero) is 1. The second-order valence-corrected chi connectivity index (χ2v) is 8.47. The van der Waals surface area contributed by atoms with Crippen molar-refractivity contribution in [2.24, 2.45) is 0 Å². The number of anilines is 1. The van der Waals surface area contributed by atoms with E-state index in [4.69, 9.17) is 20.8 Å². The SMILES string of the molecule is CCOc1ccc(Cl)c(/C(O)=C2\C(=O)C(=O)N(Cc3ccco3)C2c2ccc(N(C)C)cc2)c1. The second kappa shape index (κ2) is 9.65.